The Morgan fingerprint density at radius 2 is 2.00 bits per heavy atom. The Hall–Kier alpha value is 0.787. The molecular formula is C8H21IN2O2Si. The van der Waals surface area contributed by atoms with E-state index in [1.165, 1.54) is 0 Å². The SMILES string of the molecule is CCC(C[SiH](OC)OC)N(I)CCN. The van der Waals surface area contributed by atoms with Gasteiger partial charge in [-0.2, -0.15) is 0 Å². The second-order valence-corrected chi connectivity index (χ2v) is 6.62. The summed E-state index contributed by atoms with van der Waals surface area (Å²) in [4.78, 5) is 0. The van der Waals surface area contributed by atoms with Gasteiger partial charge in [0.25, 0.3) is 0 Å². The van der Waals surface area contributed by atoms with Gasteiger partial charge in [0.1, 0.15) is 0 Å². The maximum atomic E-state index is 5.52. The monoisotopic (exact) mass is 332 g/mol. The molecule has 0 aliphatic carbocycles. The highest BCUT2D eigenvalue weighted by molar-refractivity contribution is 14.1. The minimum atomic E-state index is -1.44. The van der Waals surface area contributed by atoms with E-state index >= 15 is 0 Å². The lowest BCUT2D eigenvalue weighted by atomic mass is 10.2. The first kappa shape index (κ1) is 14.8. The maximum Gasteiger partial charge on any atom is 0.322 e. The summed E-state index contributed by atoms with van der Waals surface area (Å²) in [6.45, 7) is 3.81. The van der Waals surface area contributed by atoms with Gasteiger partial charge in [-0.05, 0) is 6.42 Å². The van der Waals surface area contributed by atoms with E-state index < -0.39 is 9.28 Å². The predicted molar refractivity (Wildman–Crippen MR) is 69.8 cm³/mol. The molecule has 0 aromatic rings. The molecule has 0 fully saturated rings. The topological polar surface area (TPSA) is 47.7 Å². The fourth-order valence-corrected chi connectivity index (χ4v) is 4.23. The van der Waals surface area contributed by atoms with Crippen molar-refractivity contribution in [2.45, 2.75) is 25.4 Å². The Balaban J connectivity index is 3.98. The highest BCUT2D eigenvalue weighted by Crippen LogP contribution is 2.16. The molecule has 0 saturated heterocycles. The van der Waals surface area contributed by atoms with Crippen LogP contribution >= 0.6 is 22.9 Å². The zero-order chi connectivity index (χ0) is 11.0. The molecule has 0 bridgehead atoms. The van der Waals surface area contributed by atoms with Gasteiger partial charge in [0.15, 0.2) is 0 Å². The van der Waals surface area contributed by atoms with Gasteiger partial charge in [0.05, 0.1) is 0 Å². The van der Waals surface area contributed by atoms with E-state index in [0.29, 0.717) is 12.6 Å². The fraction of sp³-hybridized carbons (Fsp3) is 1.00. The van der Waals surface area contributed by atoms with Crippen LogP contribution in [0.4, 0.5) is 0 Å². The van der Waals surface area contributed by atoms with E-state index in [2.05, 4.69) is 32.9 Å². The van der Waals surface area contributed by atoms with Crippen molar-refractivity contribution in [2.75, 3.05) is 27.3 Å². The molecule has 0 aliphatic rings. The van der Waals surface area contributed by atoms with E-state index in [9.17, 15) is 0 Å². The van der Waals surface area contributed by atoms with Crippen LogP contribution in [0.15, 0.2) is 0 Å². The van der Waals surface area contributed by atoms with Gasteiger partial charge in [-0.1, -0.05) is 6.92 Å². The average Bonchev–Trinajstić information content (AvgIpc) is 2.20. The van der Waals surface area contributed by atoms with Crippen LogP contribution in [0.1, 0.15) is 13.3 Å². The predicted octanol–water partition coefficient (Wildman–Crippen LogP) is 0.889. The Morgan fingerprint density at radius 1 is 1.43 bits per heavy atom. The van der Waals surface area contributed by atoms with Crippen molar-refractivity contribution in [3.05, 3.63) is 0 Å². The molecule has 1 unspecified atom stereocenters. The standard InChI is InChI=1S/C8H21IN2O2Si/c1-4-8(11(9)6-5-10)7-14(12-2)13-3/h8,14H,4-7,10H2,1-3H3. The molecule has 86 valence electrons. The normalized spacial score (nSPS) is 13.9. The zero-order valence-corrected chi connectivity index (χ0v) is 12.5. The summed E-state index contributed by atoms with van der Waals surface area (Å²) >= 11 is 2.33. The van der Waals surface area contributed by atoms with Crippen molar-refractivity contribution in [1.82, 2.24) is 3.11 Å². The first-order valence-electron chi connectivity index (χ1n) is 4.87. The van der Waals surface area contributed by atoms with Crippen LogP contribution in [0.25, 0.3) is 0 Å². The summed E-state index contributed by atoms with van der Waals surface area (Å²) in [6, 6.07) is 1.54. The average molecular weight is 332 g/mol. The highest BCUT2D eigenvalue weighted by Gasteiger charge is 2.20. The van der Waals surface area contributed by atoms with E-state index in [1.807, 2.05) is 0 Å². The molecular weight excluding hydrogens is 311 g/mol. The van der Waals surface area contributed by atoms with Gasteiger partial charge in [-0.3, -0.25) is 0 Å². The van der Waals surface area contributed by atoms with Crippen LogP contribution in [0.2, 0.25) is 6.04 Å². The second kappa shape index (κ2) is 9.04. The Labute approximate surface area is 102 Å². The van der Waals surface area contributed by atoms with Crippen molar-refractivity contribution in [3.8, 4) is 0 Å². The molecule has 0 rings (SSSR count). The third-order valence-electron chi connectivity index (χ3n) is 2.20. The van der Waals surface area contributed by atoms with Crippen LogP contribution in [0.5, 0.6) is 0 Å². The zero-order valence-electron chi connectivity index (χ0n) is 9.20. The molecule has 0 saturated carbocycles. The Bertz CT molecular complexity index is 139. The minimum Gasteiger partial charge on any atom is -0.400 e. The van der Waals surface area contributed by atoms with Crippen molar-refractivity contribution in [3.63, 3.8) is 0 Å². The summed E-state index contributed by atoms with van der Waals surface area (Å²) in [5.41, 5.74) is 5.52. The summed E-state index contributed by atoms with van der Waals surface area (Å²) in [6.07, 6.45) is 1.11. The number of nitrogens with zero attached hydrogens (tertiary/aromatic N) is 1. The van der Waals surface area contributed by atoms with Crippen LogP contribution in [0.3, 0.4) is 0 Å². The van der Waals surface area contributed by atoms with Crippen molar-refractivity contribution in [2.24, 2.45) is 5.73 Å². The molecule has 0 aromatic carbocycles. The molecule has 6 heteroatoms. The molecule has 0 aromatic heterocycles. The van der Waals surface area contributed by atoms with Gasteiger partial charge < -0.3 is 14.6 Å². The highest BCUT2D eigenvalue weighted by atomic mass is 127. The van der Waals surface area contributed by atoms with Crippen LogP contribution in [-0.4, -0.2) is 45.7 Å². The van der Waals surface area contributed by atoms with E-state index in [4.69, 9.17) is 14.6 Å². The molecule has 14 heavy (non-hydrogen) atoms. The Morgan fingerprint density at radius 3 is 2.36 bits per heavy atom. The van der Waals surface area contributed by atoms with Gasteiger partial charge >= 0.3 is 9.28 Å². The summed E-state index contributed by atoms with van der Waals surface area (Å²) in [5.74, 6) is 0. The molecule has 1 atom stereocenters. The van der Waals surface area contributed by atoms with E-state index in [0.717, 1.165) is 19.0 Å². The Kier molecular flexibility index (Phi) is 9.55. The van der Waals surface area contributed by atoms with E-state index in [1.54, 1.807) is 14.2 Å². The summed E-state index contributed by atoms with van der Waals surface area (Å²) < 4.78 is 12.9. The lowest BCUT2D eigenvalue weighted by molar-refractivity contribution is 0.263. The smallest absolute Gasteiger partial charge is 0.322 e. The summed E-state index contributed by atoms with van der Waals surface area (Å²) in [5, 5.41) is 0. The number of rotatable bonds is 8. The van der Waals surface area contributed by atoms with Gasteiger partial charge in [-0.15, -0.1) is 0 Å². The first-order chi connectivity index (χ1) is 6.69. The van der Waals surface area contributed by atoms with Crippen molar-refractivity contribution in [1.29, 1.82) is 0 Å². The van der Waals surface area contributed by atoms with E-state index in [-0.39, 0.29) is 0 Å². The lowest BCUT2D eigenvalue weighted by Gasteiger charge is -2.26. The third kappa shape index (κ3) is 5.62. The molecule has 0 aliphatic heterocycles. The number of hydrogen-bond acceptors (Lipinski definition) is 4. The number of halogens is 1. The number of nitrogens with two attached hydrogens (primary N) is 1. The molecule has 0 radical (unpaired) electrons. The van der Waals surface area contributed by atoms with Gasteiger partial charge in [0.2, 0.25) is 0 Å². The van der Waals surface area contributed by atoms with Crippen LogP contribution < -0.4 is 5.73 Å². The molecule has 2 N–H and O–H groups in total. The number of hydrogen-bond donors (Lipinski definition) is 1. The first-order valence-corrected chi connectivity index (χ1v) is 7.60. The van der Waals surface area contributed by atoms with Gasteiger partial charge in [-0.25, -0.2) is 3.11 Å². The van der Waals surface area contributed by atoms with Crippen molar-refractivity contribution >= 4 is 32.1 Å². The van der Waals surface area contributed by atoms with Crippen molar-refractivity contribution < 1.29 is 8.85 Å². The summed E-state index contributed by atoms with van der Waals surface area (Å²) in [7, 11) is 2.02. The molecule has 0 amide bonds. The maximum absolute atomic E-state index is 5.52. The molecule has 0 heterocycles. The lowest BCUT2D eigenvalue weighted by Crippen LogP contribution is -2.35. The second-order valence-electron chi connectivity index (χ2n) is 3.11. The fourth-order valence-electron chi connectivity index (χ4n) is 1.30. The molecule has 0 spiro atoms. The van der Waals surface area contributed by atoms with Gasteiger partial charge in [0, 0.05) is 62.3 Å². The minimum absolute atomic E-state index is 0.524. The van der Waals surface area contributed by atoms with Crippen LogP contribution in [0, 0.1) is 0 Å². The largest absolute Gasteiger partial charge is 0.400 e. The quantitative estimate of drug-likeness (QED) is 0.407. The molecule has 4 nitrogen and oxygen atoms in total. The van der Waals surface area contributed by atoms with Crippen LogP contribution in [-0.2, 0) is 8.85 Å². The third-order valence-corrected chi connectivity index (χ3v) is 5.45.